The van der Waals surface area contributed by atoms with Crippen molar-refractivity contribution in [3.63, 3.8) is 0 Å². The van der Waals surface area contributed by atoms with Crippen molar-refractivity contribution in [2.24, 2.45) is 5.73 Å². The van der Waals surface area contributed by atoms with Gasteiger partial charge in [-0.2, -0.15) is 0 Å². The first-order chi connectivity index (χ1) is 6.82. The molecular weight excluding hydrogens is 227 g/mol. The zero-order valence-corrected chi connectivity index (χ0v) is 8.73. The van der Waals surface area contributed by atoms with Gasteiger partial charge in [0.05, 0.1) is 11.2 Å². The molecule has 15 heavy (non-hydrogen) atoms. The molecule has 0 heterocycles. The van der Waals surface area contributed by atoms with Crippen LogP contribution in [0.25, 0.3) is 0 Å². The lowest BCUT2D eigenvalue weighted by atomic mass is 10.1. The van der Waals surface area contributed by atoms with Crippen LogP contribution in [-0.2, 0) is 11.2 Å². The minimum Gasteiger partial charge on any atom is -0.604 e. The third-order valence-corrected chi connectivity index (χ3v) is 2.91. The molecule has 2 atom stereocenters. The summed E-state index contributed by atoms with van der Waals surface area (Å²) in [5.74, 6) is 0. The van der Waals surface area contributed by atoms with E-state index >= 15 is 0 Å². The summed E-state index contributed by atoms with van der Waals surface area (Å²) in [5, 5.41) is 0. The average Bonchev–Trinajstić information content (AvgIpc) is 2.15. The normalized spacial score (nSPS) is 16.1. The molecule has 1 aromatic rings. The van der Waals surface area contributed by atoms with Gasteiger partial charge >= 0.3 is 5.51 Å². The molecule has 0 amide bonds. The second-order valence-electron chi connectivity index (χ2n) is 3.08. The number of nitrogens with two attached hydrogens (primary N) is 1. The molecule has 0 radical (unpaired) electrons. The molecule has 0 saturated carbocycles. The lowest BCUT2D eigenvalue weighted by molar-refractivity contribution is -0.0435. The van der Waals surface area contributed by atoms with Gasteiger partial charge in [-0.25, -0.2) is 0 Å². The van der Waals surface area contributed by atoms with E-state index in [0.717, 1.165) is 0 Å². The van der Waals surface area contributed by atoms with Gasteiger partial charge in [0.15, 0.2) is 4.90 Å². The maximum atomic E-state index is 12.1. The maximum absolute atomic E-state index is 12.1. The summed E-state index contributed by atoms with van der Waals surface area (Å²) in [6.07, 6.45) is 0. The van der Waals surface area contributed by atoms with E-state index in [1.165, 1.54) is 18.2 Å². The van der Waals surface area contributed by atoms with Gasteiger partial charge in [-0.15, -0.1) is 13.2 Å². The molecule has 0 bridgehead atoms. The molecule has 0 spiro atoms. The molecule has 1 rings (SSSR count). The van der Waals surface area contributed by atoms with Crippen LogP contribution in [0.5, 0.6) is 0 Å². The van der Waals surface area contributed by atoms with Crippen LogP contribution in [0.1, 0.15) is 18.5 Å². The molecule has 0 aliphatic rings. The van der Waals surface area contributed by atoms with E-state index in [9.17, 15) is 17.7 Å². The quantitative estimate of drug-likeness (QED) is 0.802. The molecule has 1 aromatic carbocycles. The van der Waals surface area contributed by atoms with Crippen LogP contribution in [0.3, 0.4) is 0 Å². The highest BCUT2D eigenvalue weighted by molar-refractivity contribution is 7.92. The monoisotopic (exact) mass is 237 g/mol. The highest BCUT2D eigenvalue weighted by Gasteiger charge is 2.46. The molecule has 84 valence electrons. The lowest BCUT2D eigenvalue weighted by Crippen LogP contribution is -2.23. The fraction of sp³-hybridized carbons (Fsp3) is 0.333. The molecule has 2 N–H and O–H groups in total. The second-order valence-corrected chi connectivity index (χ2v) is 4.55. The van der Waals surface area contributed by atoms with Crippen LogP contribution in [-0.4, -0.2) is 10.1 Å². The van der Waals surface area contributed by atoms with Crippen molar-refractivity contribution in [2.75, 3.05) is 0 Å². The van der Waals surface area contributed by atoms with Crippen molar-refractivity contribution >= 4 is 11.2 Å². The van der Waals surface area contributed by atoms with Gasteiger partial charge in [-0.1, -0.05) is 12.1 Å². The zero-order valence-electron chi connectivity index (χ0n) is 7.91. The van der Waals surface area contributed by atoms with Crippen LogP contribution in [0.4, 0.5) is 13.2 Å². The van der Waals surface area contributed by atoms with Crippen molar-refractivity contribution < 1.29 is 17.7 Å². The standard InChI is InChI=1S/C9H10F3NOS/c1-6(13)7-3-2-4-8(5-7)15(14)9(10,11)12/h2-6H,13H2,1H3. The fourth-order valence-electron chi connectivity index (χ4n) is 1.05. The molecule has 0 fully saturated rings. The molecule has 0 aliphatic heterocycles. The average molecular weight is 237 g/mol. The summed E-state index contributed by atoms with van der Waals surface area (Å²) >= 11 is -2.98. The van der Waals surface area contributed by atoms with Crippen LogP contribution in [0.2, 0.25) is 0 Å². The van der Waals surface area contributed by atoms with E-state index < -0.39 is 16.7 Å². The minimum absolute atomic E-state index is 0.266. The predicted octanol–water partition coefficient (Wildman–Crippen LogP) is 2.33. The van der Waals surface area contributed by atoms with Gasteiger partial charge in [0, 0.05) is 6.04 Å². The van der Waals surface area contributed by atoms with Crippen LogP contribution >= 0.6 is 0 Å². The van der Waals surface area contributed by atoms with Crippen LogP contribution in [0.15, 0.2) is 29.2 Å². The highest BCUT2D eigenvalue weighted by Crippen LogP contribution is 2.30. The van der Waals surface area contributed by atoms with Gasteiger partial charge in [0.1, 0.15) is 0 Å². The first kappa shape index (κ1) is 12.4. The Morgan fingerprint density at radius 2 is 2.00 bits per heavy atom. The SMILES string of the molecule is CC(N)c1cccc([S+]([O-])C(F)(F)F)c1. The molecule has 2 unspecified atom stereocenters. The topological polar surface area (TPSA) is 49.1 Å². The van der Waals surface area contributed by atoms with Gasteiger partial charge in [0.2, 0.25) is 0 Å². The Kier molecular flexibility index (Phi) is 3.64. The molecular formula is C9H10F3NOS. The second kappa shape index (κ2) is 4.42. The van der Waals surface area contributed by atoms with Gasteiger partial charge < -0.3 is 10.3 Å². The smallest absolute Gasteiger partial charge is 0.578 e. The predicted molar refractivity (Wildman–Crippen MR) is 51.5 cm³/mol. The summed E-state index contributed by atoms with van der Waals surface area (Å²) in [6.45, 7) is 1.65. The number of alkyl halides is 3. The van der Waals surface area contributed by atoms with Gasteiger partial charge in [-0.05, 0) is 24.6 Å². The number of hydrogen-bond acceptors (Lipinski definition) is 2. The van der Waals surface area contributed by atoms with E-state index in [1.54, 1.807) is 13.0 Å². The van der Waals surface area contributed by atoms with Crippen molar-refractivity contribution in [3.05, 3.63) is 29.8 Å². The van der Waals surface area contributed by atoms with E-state index in [-0.39, 0.29) is 10.9 Å². The first-order valence-corrected chi connectivity index (χ1v) is 5.31. The number of rotatable bonds is 2. The Morgan fingerprint density at radius 3 is 2.47 bits per heavy atom. The van der Waals surface area contributed by atoms with E-state index in [4.69, 9.17) is 5.73 Å². The molecule has 2 nitrogen and oxygen atoms in total. The minimum atomic E-state index is -4.73. The number of benzene rings is 1. The third-order valence-electron chi connectivity index (χ3n) is 1.81. The van der Waals surface area contributed by atoms with E-state index in [1.807, 2.05) is 0 Å². The first-order valence-electron chi connectivity index (χ1n) is 4.16. The lowest BCUT2D eigenvalue weighted by Gasteiger charge is -2.13. The van der Waals surface area contributed by atoms with Crippen LogP contribution < -0.4 is 5.73 Å². The summed E-state index contributed by atoms with van der Waals surface area (Å²) in [7, 11) is 0. The van der Waals surface area contributed by atoms with E-state index in [0.29, 0.717) is 5.56 Å². The van der Waals surface area contributed by atoms with Crippen LogP contribution in [0, 0.1) is 0 Å². The van der Waals surface area contributed by atoms with Crippen molar-refractivity contribution in [1.29, 1.82) is 0 Å². The van der Waals surface area contributed by atoms with Gasteiger partial charge in [-0.3, -0.25) is 0 Å². The molecule has 0 aromatic heterocycles. The van der Waals surface area contributed by atoms with Crippen molar-refractivity contribution in [1.82, 2.24) is 0 Å². The Labute approximate surface area is 88.5 Å². The Hall–Kier alpha value is -0.720. The number of halogens is 3. The molecule has 6 heteroatoms. The summed E-state index contributed by atoms with van der Waals surface area (Å²) in [4.78, 5) is -0.266. The maximum Gasteiger partial charge on any atom is 0.578 e. The fourth-order valence-corrected chi connectivity index (χ4v) is 1.76. The Bertz CT molecular complexity index is 340. The van der Waals surface area contributed by atoms with E-state index in [2.05, 4.69) is 0 Å². The summed E-state index contributed by atoms with van der Waals surface area (Å²) in [5.41, 5.74) is 1.32. The molecule has 0 aliphatic carbocycles. The van der Waals surface area contributed by atoms with Crippen molar-refractivity contribution in [3.8, 4) is 0 Å². The Balaban J connectivity index is 3.00. The van der Waals surface area contributed by atoms with Crippen molar-refractivity contribution in [2.45, 2.75) is 23.4 Å². The third kappa shape index (κ3) is 3.12. The molecule has 0 saturated heterocycles. The highest BCUT2D eigenvalue weighted by atomic mass is 32.2. The zero-order chi connectivity index (χ0) is 11.6. The summed E-state index contributed by atoms with van der Waals surface area (Å²) < 4.78 is 47.4. The Morgan fingerprint density at radius 1 is 1.40 bits per heavy atom. The van der Waals surface area contributed by atoms with Gasteiger partial charge in [0.25, 0.3) is 0 Å². The summed E-state index contributed by atoms with van der Waals surface area (Å²) in [6, 6.07) is 5.03. The number of hydrogen-bond donors (Lipinski definition) is 1. The largest absolute Gasteiger partial charge is 0.604 e.